The fourth-order valence-electron chi connectivity index (χ4n) is 4.81. The third-order valence-corrected chi connectivity index (χ3v) is 9.86. The third-order valence-electron chi connectivity index (χ3n) is 7.13. The number of aliphatic hydroxyl groups is 1. The van der Waals surface area contributed by atoms with Crippen molar-refractivity contribution < 1.29 is 40.3 Å². The van der Waals surface area contributed by atoms with Crippen LogP contribution in [0.4, 0.5) is 22.0 Å². The van der Waals surface area contributed by atoms with Crippen LogP contribution in [0.3, 0.4) is 0 Å². The van der Waals surface area contributed by atoms with E-state index in [2.05, 4.69) is 10.3 Å². The predicted octanol–water partition coefficient (Wildman–Crippen LogP) is 6.06. The summed E-state index contributed by atoms with van der Waals surface area (Å²) < 4.78 is 94.8. The Hall–Kier alpha value is -2.68. The smallest absolute Gasteiger partial charge is 0.389 e. The summed E-state index contributed by atoms with van der Waals surface area (Å²) in [6.07, 6.45) is -4.45. The van der Waals surface area contributed by atoms with Crippen molar-refractivity contribution in [2.24, 2.45) is 5.92 Å². The van der Waals surface area contributed by atoms with Gasteiger partial charge in [0.25, 0.3) is 5.91 Å². The number of rotatable bonds is 9. The minimum atomic E-state index is -4.79. The molecule has 230 valence electrons. The van der Waals surface area contributed by atoms with Gasteiger partial charge in [-0.25, -0.2) is 22.2 Å². The van der Waals surface area contributed by atoms with Gasteiger partial charge in [0.1, 0.15) is 6.04 Å². The van der Waals surface area contributed by atoms with Crippen LogP contribution in [0, 0.1) is 5.92 Å². The maximum atomic E-state index is 13.8. The van der Waals surface area contributed by atoms with E-state index in [1.54, 1.807) is 22.9 Å². The molecule has 1 aromatic heterocycles. The van der Waals surface area contributed by atoms with Gasteiger partial charge in [-0.15, -0.1) is 11.3 Å². The lowest BCUT2D eigenvalue weighted by molar-refractivity contribution is -0.147. The van der Waals surface area contributed by atoms with Crippen molar-refractivity contribution in [2.45, 2.75) is 81.5 Å². The van der Waals surface area contributed by atoms with E-state index in [0.717, 1.165) is 11.3 Å². The maximum absolute atomic E-state index is 13.8. The molecule has 1 amide bonds. The average Bonchev–Trinajstić information content (AvgIpc) is 3.30. The molecule has 7 nitrogen and oxygen atoms in total. The van der Waals surface area contributed by atoms with Crippen molar-refractivity contribution in [2.75, 3.05) is 6.54 Å². The van der Waals surface area contributed by atoms with E-state index < -0.39 is 39.7 Å². The largest absolute Gasteiger partial charge is 0.404 e. The molecule has 1 heterocycles. The number of halogens is 5. The highest BCUT2D eigenvalue weighted by molar-refractivity contribution is 7.89. The van der Waals surface area contributed by atoms with Gasteiger partial charge in [-0.05, 0) is 57.4 Å². The number of amides is 1. The van der Waals surface area contributed by atoms with Crippen LogP contribution in [0.25, 0.3) is 21.2 Å². The van der Waals surface area contributed by atoms with Gasteiger partial charge in [0.2, 0.25) is 15.9 Å². The molecular weight excluding hydrogens is 601 g/mol. The maximum Gasteiger partial charge on any atom is 0.404 e. The number of hydrogen-bond donors (Lipinski definition) is 3. The third kappa shape index (κ3) is 7.63. The van der Waals surface area contributed by atoms with Gasteiger partial charge in [-0.2, -0.15) is 17.9 Å². The van der Waals surface area contributed by atoms with Crippen LogP contribution < -0.4 is 10.0 Å². The molecule has 1 aliphatic rings. The molecule has 1 aliphatic carbocycles. The number of sulfonamides is 1. The summed E-state index contributed by atoms with van der Waals surface area (Å²) in [5, 5.41) is 13.3. The molecule has 3 N–H and O–H groups in total. The van der Waals surface area contributed by atoms with Crippen LogP contribution in [-0.2, 0) is 16.4 Å². The van der Waals surface area contributed by atoms with Gasteiger partial charge < -0.3 is 10.4 Å². The van der Waals surface area contributed by atoms with Crippen LogP contribution in [0.5, 0.6) is 0 Å². The highest BCUT2D eigenvalue weighted by Crippen LogP contribution is 2.42. The molecule has 0 radical (unpaired) electrons. The second-order valence-electron chi connectivity index (χ2n) is 11.3. The van der Waals surface area contributed by atoms with Gasteiger partial charge in [-0.3, -0.25) is 4.79 Å². The first kappa shape index (κ1) is 32.2. The lowest BCUT2D eigenvalue weighted by atomic mass is 9.83. The summed E-state index contributed by atoms with van der Waals surface area (Å²) >= 11 is 1.04. The first-order chi connectivity index (χ1) is 19.4. The molecule has 4 rings (SSSR count). The molecular formula is C28H32F5N3O4S2. The van der Waals surface area contributed by atoms with Crippen LogP contribution in [0.15, 0.2) is 41.3 Å². The Labute approximate surface area is 244 Å². The van der Waals surface area contributed by atoms with Crippen LogP contribution in [0.1, 0.15) is 62.0 Å². The molecule has 1 atom stereocenters. The molecule has 2 aromatic carbocycles. The minimum absolute atomic E-state index is 0.0490. The quantitative estimate of drug-likeness (QED) is 0.248. The molecule has 1 saturated carbocycles. The lowest BCUT2D eigenvalue weighted by Gasteiger charge is -2.28. The zero-order valence-corrected chi connectivity index (χ0v) is 24.8. The number of nitrogens with one attached hydrogen (secondary N) is 2. The molecule has 1 fully saturated rings. The summed E-state index contributed by atoms with van der Waals surface area (Å²) in [4.78, 5) is 17.7. The normalized spacial score (nSPS) is 17.4. The summed E-state index contributed by atoms with van der Waals surface area (Å²) in [6.45, 7) is 3.71. The van der Waals surface area contributed by atoms with Crippen molar-refractivity contribution in [3.05, 3.63) is 47.1 Å². The molecule has 0 saturated heterocycles. The van der Waals surface area contributed by atoms with Crippen molar-refractivity contribution in [1.29, 1.82) is 0 Å². The fourth-order valence-corrected chi connectivity index (χ4v) is 7.30. The summed E-state index contributed by atoms with van der Waals surface area (Å²) in [5.74, 6) is -3.38. The van der Waals surface area contributed by atoms with Crippen LogP contribution in [-0.4, -0.2) is 54.7 Å². The molecule has 42 heavy (non-hydrogen) atoms. The zero-order chi connectivity index (χ0) is 31.1. The highest BCUT2D eigenvalue weighted by atomic mass is 32.2. The van der Waals surface area contributed by atoms with E-state index in [9.17, 15) is 40.3 Å². The second kappa shape index (κ2) is 11.8. The monoisotopic (exact) mass is 633 g/mol. The number of fused-ring (bicyclic) bond motifs is 1. The minimum Gasteiger partial charge on any atom is -0.389 e. The van der Waals surface area contributed by atoms with Crippen molar-refractivity contribution >= 4 is 38.0 Å². The number of carbonyl (C=O) groups is 1. The van der Waals surface area contributed by atoms with Crippen molar-refractivity contribution in [1.82, 2.24) is 15.0 Å². The molecule has 14 heteroatoms. The van der Waals surface area contributed by atoms with E-state index in [-0.39, 0.29) is 53.4 Å². The van der Waals surface area contributed by atoms with Gasteiger partial charge in [-0.1, -0.05) is 30.3 Å². The Morgan fingerprint density at radius 3 is 2.33 bits per heavy atom. The summed E-state index contributed by atoms with van der Waals surface area (Å²) in [5.41, 5.74) is -0.196. The average molecular weight is 634 g/mol. The van der Waals surface area contributed by atoms with Crippen LogP contribution >= 0.6 is 11.3 Å². The SMILES string of the molecule is CC(NS(=O)(=O)c1ccc(-c2sc(C(=O)NCC(C)(C)O)nc2CC2CCC(F)(F)CC2)c2ccccc12)C(F)(F)F. The highest BCUT2D eigenvalue weighted by Gasteiger charge is 2.39. The topological polar surface area (TPSA) is 108 Å². The van der Waals surface area contributed by atoms with Gasteiger partial charge in [0.15, 0.2) is 5.01 Å². The number of benzene rings is 2. The second-order valence-corrected chi connectivity index (χ2v) is 14.0. The summed E-state index contributed by atoms with van der Waals surface area (Å²) in [7, 11) is -4.58. The Morgan fingerprint density at radius 2 is 1.74 bits per heavy atom. The Morgan fingerprint density at radius 1 is 1.12 bits per heavy atom. The van der Waals surface area contributed by atoms with Crippen LogP contribution in [0.2, 0.25) is 0 Å². The Bertz CT molecular complexity index is 1560. The van der Waals surface area contributed by atoms with Crippen molar-refractivity contribution in [3.8, 4) is 10.4 Å². The number of nitrogens with zero attached hydrogens (tertiary/aromatic N) is 1. The fraction of sp³-hybridized carbons (Fsp3) is 0.500. The van der Waals surface area contributed by atoms with E-state index in [4.69, 9.17) is 0 Å². The number of thiazole rings is 1. The first-order valence-corrected chi connectivity index (χ1v) is 15.7. The molecule has 0 bridgehead atoms. The molecule has 0 spiro atoms. The molecule has 0 aliphatic heterocycles. The Balaban J connectivity index is 1.78. The van der Waals surface area contributed by atoms with Gasteiger partial charge in [0, 0.05) is 30.3 Å². The van der Waals surface area contributed by atoms with E-state index in [0.29, 0.717) is 34.9 Å². The van der Waals surface area contributed by atoms with Crippen molar-refractivity contribution in [3.63, 3.8) is 0 Å². The number of aromatic nitrogens is 1. The predicted molar refractivity (Wildman–Crippen MR) is 150 cm³/mol. The standard InChI is InChI=1S/C28H32F5N3O4S2/c1-16(28(31,32)33)36-42(39,40)22-9-8-20(18-6-4-5-7-19(18)22)23-21(14-17-10-12-27(29,30)13-11-17)35-25(41-23)24(37)34-15-26(2,3)38/h4-9,16-17,36,38H,10-15H2,1-3H3,(H,34,37). The number of carbonyl (C=O) groups excluding carboxylic acids is 1. The Kier molecular flexibility index (Phi) is 9.04. The zero-order valence-electron chi connectivity index (χ0n) is 23.2. The van der Waals surface area contributed by atoms with E-state index in [1.165, 1.54) is 32.0 Å². The number of alkyl halides is 5. The van der Waals surface area contributed by atoms with Gasteiger partial charge >= 0.3 is 6.18 Å². The summed E-state index contributed by atoms with van der Waals surface area (Å²) in [6, 6.07) is 6.66. The van der Waals surface area contributed by atoms with Gasteiger partial charge in [0.05, 0.1) is 21.1 Å². The lowest BCUT2D eigenvalue weighted by Crippen LogP contribution is -2.43. The molecule has 3 aromatic rings. The van der Waals surface area contributed by atoms with E-state index >= 15 is 0 Å². The van der Waals surface area contributed by atoms with E-state index in [1.807, 2.05) is 0 Å². The molecule has 1 unspecified atom stereocenters. The number of hydrogen-bond acceptors (Lipinski definition) is 6. The first-order valence-electron chi connectivity index (χ1n) is 13.4.